The largest absolute Gasteiger partial charge is 0.346 e. The van der Waals surface area contributed by atoms with Crippen LogP contribution in [0.5, 0.6) is 0 Å². The van der Waals surface area contributed by atoms with Crippen molar-refractivity contribution in [3.63, 3.8) is 0 Å². The number of hydrogen-bond acceptors (Lipinski definition) is 5. The van der Waals surface area contributed by atoms with E-state index in [0.29, 0.717) is 16.3 Å². The minimum Gasteiger partial charge on any atom is -0.346 e. The van der Waals surface area contributed by atoms with Crippen molar-refractivity contribution in [2.24, 2.45) is 0 Å². The monoisotopic (exact) mass is 443 g/mol. The number of hydrogen-bond donors (Lipinski definition) is 1. The summed E-state index contributed by atoms with van der Waals surface area (Å²) in [6.45, 7) is 2.16. The van der Waals surface area contributed by atoms with Gasteiger partial charge in [0.2, 0.25) is 0 Å². The molecule has 2 aromatic carbocycles. The average molecular weight is 444 g/mol. The van der Waals surface area contributed by atoms with Crippen LogP contribution in [0.4, 0.5) is 4.39 Å². The summed E-state index contributed by atoms with van der Waals surface area (Å²) in [6, 6.07) is 17.8. The number of rotatable bonds is 5. The van der Waals surface area contributed by atoms with E-state index < -0.39 is 0 Å². The molecule has 1 amide bonds. The van der Waals surface area contributed by atoms with Crippen LogP contribution in [0.15, 0.2) is 73.2 Å². The van der Waals surface area contributed by atoms with E-state index in [1.807, 2.05) is 47.9 Å². The zero-order chi connectivity index (χ0) is 22.1. The van der Waals surface area contributed by atoms with Gasteiger partial charge in [-0.15, -0.1) is 0 Å². The number of benzene rings is 2. The molecule has 32 heavy (non-hydrogen) atoms. The predicted octanol–water partition coefficient (Wildman–Crippen LogP) is 4.90. The fraction of sp³-hybridized carbons (Fsp3) is 0.0833. The maximum atomic E-state index is 13.2. The summed E-state index contributed by atoms with van der Waals surface area (Å²) in [7, 11) is 0. The number of amides is 1. The highest BCUT2D eigenvalue weighted by Crippen LogP contribution is 2.27. The predicted molar refractivity (Wildman–Crippen MR) is 122 cm³/mol. The van der Waals surface area contributed by atoms with Gasteiger partial charge in [-0.2, -0.15) is 0 Å². The van der Waals surface area contributed by atoms with Crippen molar-refractivity contribution in [3.8, 4) is 22.5 Å². The molecule has 0 fully saturated rings. The lowest BCUT2D eigenvalue weighted by Gasteiger charge is -2.06. The fourth-order valence-corrected chi connectivity index (χ4v) is 4.46. The fourth-order valence-electron chi connectivity index (χ4n) is 3.43. The summed E-state index contributed by atoms with van der Waals surface area (Å²) in [6.07, 6.45) is 3.39. The SMILES string of the molecule is Cc1c(C(=O)NCc2cc(-c3ccc(F)cc3)ncn2)sc2nc(-c3ccccc3)cn12. The Morgan fingerprint density at radius 1 is 1.03 bits per heavy atom. The Balaban J connectivity index is 1.32. The minimum atomic E-state index is -0.302. The van der Waals surface area contributed by atoms with Gasteiger partial charge in [0, 0.05) is 23.0 Å². The minimum absolute atomic E-state index is 0.179. The molecule has 3 aromatic heterocycles. The third-order valence-corrected chi connectivity index (χ3v) is 6.28. The molecule has 0 saturated heterocycles. The maximum absolute atomic E-state index is 13.2. The van der Waals surface area contributed by atoms with Gasteiger partial charge in [-0.1, -0.05) is 41.7 Å². The molecule has 6 nitrogen and oxygen atoms in total. The van der Waals surface area contributed by atoms with Crippen LogP contribution < -0.4 is 5.32 Å². The molecule has 0 bridgehead atoms. The molecule has 5 rings (SSSR count). The van der Waals surface area contributed by atoms with E-state index in [-0.39, 0.29) is 18.3 Å². The van der Waals surface area contributed by atoms with Crippen molar-refractivity contribution in [1.29, 1.82) is 0 Å². The summed E-state index contributed by atoms with van der Waals surface area (Å²) in [4.78, 5) is 27.4. The molecule has 0 aliphatic carbocycles. The highest BCUT2D eigenvalue weighted by Gasteiger charge is 2.18. The van der Waals surface area contributed by atoms with Gasteiger partial charge < -0.3 is 5.32 Å². The molecule has 0 aliphatic heterocycles. The second-order valence-corrected chi connectivity index (χ2v) is 8.22. The zero-order valence-corrected chi connectivity index (χ0v) is 17.9. The van der Waals surface area contributed by atoms with E-state index in [2.05, 4.69) is 20.3 Å². The van der Waals surface area contributed by atoms with E-state index in [1.54, 1.807) is 18.2 Å². The van der Waals surface area contributed by atoms with Crippen LogP contribution in [0.25, 0.3) is 27.5 Å². The number of aryl methyl sites for hydroxylation is 1. The molecule has 0 spiro atoms. The maximum Gasteiger partial charge on any atom is 0.263 e. The van der Waals surface area contributed by atoms with Crippen molar-refractivity contribution in [3.05, 3.63) is 95.3 Å². The Morgan fingerprint density at radius 2 is 1.78 bits per heavy atom. The molecular formula is C24H18FN5OS. The number of imidazole rings is 1. The molecule has 158 valence electrons. The van der Waals surface area contributed by atoms with Crippen LogP contribution in [0.1, 0.15) is 21.1 Å². The van der Waals surface area contributed by atoms with Crippen LogP contribution in [-0.2, 0) is 6.54 Å². The van der Waals surface area contributed by atoms with Crippen molar-refractivity contribution in [2.45, 2.75) is 13.5 Å². The van der Waals surface area contributed by atoms with Crippen molar-refractivity contribution < 1.29 is 9.18 Å². The van der Waals surface area contributed by atoms with Gasteiger partial charge in [-0.3, -0.25) is 9.20 Å². The van der Waals surface area contributed by atoms with Gasteiger partial charge in [0.05, 0.1) is 23.6 Å². The summed E-state index contributed by atoms with van der Waals surface area (Å²) in [5.74, 6) is -0.481. The van der Waals surface area contributed by atoms with Gasteiger partial charge in [-0.05, 0) is 37.3 Å². The number of fused-ring (bicyclic) bond motifs is 1. The number of halogens is 1. The second-order valence-electron chi connectivity index (χ2n) is 7.25. The smallest absolute Gasteiger partial charge is 0.263 e. The van der Waals surface area contributed by atoms with Gasteiger partial charge in [0.1, 0.15) is 17.0 Å². The highest BCUT2D eigenvalue weighted by atomic mass is 32.1. The molecule has 8 heteroatoms. The molecule has 1 N–H and O–H groups in total. The number of thiazole rings is 1. The van der Waals surface area contributed by atoms with Crippen LogP contribution >= 0.6 is 11.3 Å². The normalized spacial score (nSPS) is 11.1. The topological polar surface area (TPSA) is 72.2 Å². The van der Waals surface area contributed by atoms with E-state index in [9.17, 15) is 9.18 Å². The van der Waals surface area contributed by atoms with Crippen LogP contribution in [0.2, 0.25) is 0 Å². The molecule has 0 saturated carbocycles. The number of carbonyl (C=O) groups is 1. The van der Waals surface area contributed by atoms with E-state index >= 15 is 0 Å². The van der Waals surface area contributed by atoms with Gasteiger partial charge in [-0.25, -0.2) is 19.3 Å². The lowest BCUT2D eigenvalue weighted by atomic mass is 10.1. The molecule has 0 aliphatic rings. The number of nitrogens with one attached hydrogen (secondary N) is 1. The first-order valence-electron chi connectivity index (χ1n) is 9.97. The van der Waals surface area contributed by atoms with E-state index in [0.717, 1.165) is 27.5 Å². The first-order valence-corrected chi connectivity index (χ1v) is 10.8. The molecular weight excluding hydrogens is 425 g/mol. The molecule has 5 aromatic rings. The van der Waals surface area contributed by atoms with Crippen molar-refractivity contribution >= 4 is 22.2 Å². The van der Waals surface area contributed by atoms with Crippen molar-refractivity contribution in [2.75, 3.05) is 0 Å². The first kappa shape index (κ1) is 20.0. The van der Waals surface area contributed by atoms with Gasteiger partial charge >= 0.3 is 0 Å². The lowest BCUT2D eigenvalue weighted by Crippen LogP contribution is -2.23. The van der Waals surface area contributed by atoms with E-state index in [1.165, 1.54) is 29.8 Å². The Kier molecular flexibility index (Phi) is 5.20. The molecule has 3 heterocycles. The van der Waals surface area contributed by atoms with Crippen LogP contribution in [-0.4, -0.2) is 25.3 Å². The Labute approximate surface area is 187 Å². The third kappa shape index (κ3) is 3.88. The number of carbonyl (C=O) groups excluding carboxylic acids is 1. The summed E-state index contributed by atoms with van der Waals surface area (Å²) >= 11 is 1.36. The highest BCUT2D eigenvalue weighted by molar-refractivity contribution is 7.19. The molecule has 0 radical (unpaired) electrons. The number of nitrogens with zero attached hydrogens (tertiary/aromatic N) is 4. The zero-order valence-electron chi connectivity index (χ0n) is 17.1. The Morgan fingerprint density at radius 3 is 2.53 bits per heavy atom. The lowest BCUT2D eigenvalue weighted by molar-refractivity contribution is 0.0953. The quantitative estimate of drug-likeness (QED) is 0.420. The average Bonchev–Trinajstić information content (AvgIpc) is 3.38. The van der Waals surface area contributed by atoms with Gasteiger partial charge in [0.15, 0.2) is 4.96 Å². The van der Waals surface area contributed by atoms with E-state index in [4.69, 9.17) is 0 Å². The summed E-state index contributed by atoms with van der Waals surface area (Å²) < 4.78 is 15.1. The van der Waals surface area contributed by atoms with Crippen molar-refractivity contribution in [1.82, 2.24) is 24.7 Å². The second kappa shape index (κ2) is 8.32. The Bertz CT molecular complexity index is 1410. The molecule has 0 unspecified atom stereocenters. The van der Waals surface area contributed by atoms with Crippen LogP contribution in [0.3, 0.4) is 0 Å². The molecule has 0 atom stereocenters. The number of aromatic nitrogens is 4. The third-order valence-electron chi connectivity index (χ3n) is 5.13. The summed E-state index contributed by atoms with van der Waals surface area (Å²) in [5.41, 5.74) is 4.87. The Hall–Kier alpha value is -3.91. The standard InChI is InChI=1S/C24H18FN5OS/c1-15-22(32-24-29-21(13-30(15)24)16-5-3-2-4-6-16)23(31)26-12-19-11-20(28-14-27-19)17-7-9-18(25)10-8-17/h2-11,13-14H,12H2,1H3,(H,26,31). The first-order chi connectivity index (χ1) is 15.6. The van der Waals surface area contributed by atoms with Crippen LogP contribution in [0, 0.1) is 12.7 Å². The summed E-state index contributed by atoms with van der Waals surface area (Å²) in [5, 5.41) is 2.92. The van der Waals surface area contributed by atoms with Gasteiger partial charge in [0.25, 0.3) is 5.91 Å².